The lowest BCUT2D eigenvalue weighted by Gasteiger charge is -2.38. The van der Waals surface area contributed by atoms with Gasteiger partial charge in [0.15, 0.2) is 0 Å². The third-order valence-corrected chi connectivity index (χ3v) is 7.97. The van der Waals surface area contributed by atoms with Gasteiger partial charge in [-0.2, -0.15) is 0 Å². The standard InChI is InChI=1S/C26H30N2O2S.C2H2O4/c1-17-16-31-26-7-6-19(13-23(17)26)20-9-11-28(18(2)12-20)14-21(29)15-30-25-5-3-4-24-22(25)8-10-27-24;3-1(4)2(5)6/h3-8,10,13,16,18,20-21,27,29H,9,11-12,14-15H2,1-2H3;(H,3,4)(H,5,6)/t18-,20-,21+;/m1./s1. The van der Waals surface area contributed by atoms with Crippen molar-refractivity contribution >= 4 is 44.3 Å². The molecule has 9 heteroatoms. The van der Waals surface area contributed by atoms with Gasteiger partial charge in [0.1, 0.15) is 18.5 Å². The lowest BCUT2D eigenvalue weighted by molar-refractivity contribution is -0.159. The number of rotatable bonds is 6. The van der Waals surface area contributed by atoms with Crippen LogP contribution in [0.2, 0.25) is 0 Å². The molecule has 0 aliphatic carbocycles. The molecule has 0 unspecified atom stereocenters. The zero-order valence-corrected chi connectivity index (χ0v) is 21.7. The van der Waals surface area contributed by atoms with E-state index in [-0.39, 0.29) is 0 Å². The van der Waals surface area contributed by atoms with E-state index < -0.39 is 18.0 Å². The molecule has 0 spiro atoms. The lowest BCUT2D eigenvalue weighted by Crippen LogP contribution is -2.45. The minimum absolute atomic E-state index is 0.311. The number of fused-ring (bicyclic) bond motifs is 2. The van der Waals surface area contributed by atoms with Crippen LogP contribution >= 0.6 is 11.3 Å². The Labute approximate surface area is 219 Å². The summed E-state index contributed by atoms with van der Waals surface area (Å²) in [4.78, 5) is 23.8. The number of nitrogens with zero attached hydrogens (tertiary/aromatic N) is 1. The molecule has 0 bridgehead atoms. The molecule has 4 N–H and O–H groups in total. The van der Waals surface area contributed by atoms with Crippen LogP contribution in [-0.2, 0) is 9.59 Å². The number of carboxylic acids is 2. The van der Waals surface area contributed by atoms with Crippen LogP contribution in [0.5, 0.6) is 5.75 Å². The summed E-state index contributed by atoms with van der Waals surface area (Å²) in [5.74, 6) is -2.23. The van der Waals surface area contributed by atoms with Gasteiger partial charge in [-0.1, -0.05) is 12.1 Å². The maximum absolute atomic E-state index is 10.6. The topological polar surface area (TPSA) is 123 Å². The van der Waals surface area contributed by atoms with Gasteiger partial charge in [-0.25, -0.2) is 9.59 Å². The van der Waals surface area contributed by atoms with E-state index in [0.717, 1.165) is 36.0 Å². The Morgan fingerprint density at radius 1 is 1.16 bits per heavy atom. The first-order valence-corrected chi connectivity index (χ1v) is 13.2. The normalized spacial score (nSPS) is 18.8. The SMILES string of the molecule is Cc1csc2ccc([C@@H]3CCN(C[C@H](O)COc4cccc5[nH]ccc45)[C@H](C)C3)cc12.O=C(O)C(=O)O. The van der Waals surface area contributed by atoms with Crippen LogP contribution in [0.25, 0.3) is 21.0 Å². The predicted molar refractivity (Wildman–Crippen MR) is 145 cm³/mol. The molecule has 1 aliphatic heterocycles. The van der Waals surface area contributed by atoms with E-state index in [4.69, 9.17) is 24.5 Å². The molecule has 196 valence electrons. The van der Waals surface area contributed by atoms with Gasteiger partial charge in [0.2, 0.25) is 0 Å². The van der Waals surface area contributed by atoms with Gasteiger partial charge in [0, 0.05) is 34.4 Å². The molecule has 8 nitrogen and oxygen atoms in total. The third-order valence-electron chi connectivity index (χ3n) is 6.89. The number of carbonyl (C=O) groups is 2. The van der Waals surface area contributed by atoms with Gasteiger partial charge in [-0.15, -0.1) is 11.3 Å². The number of likely N-dealkylation sites (tertiary alicyclic amines) is 1. The van der Waals surface area contributed by atoms with Gasteiger partial charge >= 0.3 is 11.9 Å². The molecule has 1 saturated heterocycles. The summed E-state index contributed by atoms with van der Waals surface area (Å²) in [5, 5.41) is 30.1. The van der Waals surface area contributed by atoms with E-state index in [1.165, 1.54) is 21.2 Å². The van der Waals surface area contributed by atoms with Gasteiger partial charge < -0.3 is 25.0 Å². The molecular weight excluding hydrogens is 492 g/mol. The molecule has 0 amide bonds. The summed E-state index contributed by atoms with van der Waals surface area (Å²) in [7, 11) is 0. The molecule has 3 atom stereocenters. The summed E-state index contributed by atoms with van der Waals surface area (Å²) in [6.07, 6.45) is 3.68. The fourth-order valence-electron chi connectivity index (χ4n) is 4.91. The number of hydrogen-bond acceptors (Lipinski definition) is 6. The Morgan fingerprint density at radius 2 is 1.95 bits per heavy atom. The number of carboxylic acid groups (broad SMARTS) is 2. The molecule has 37 heavy (non-hydrogen) atoms. The average molecular weight is 525 g/mol. The Balaban J connectivity index is 0.000000480. The fourth-order valence-corrected chi connectivity index (χ4v) is 5.84. The molecule has 5 rings (SSSR count). The Morgan fingerprint density at radius 3 is 2.68 bits per heavy atom. The maximum Gasteiger partial charge on any atom is 0.414 e. The Bertz CT molecular complexity index is 1370. The van der Waals surface area contributed by atoms with Crippen LogP contribution in [0.3, 0.4) is 0 Å². The number of benzene rings is 2. The van der Waals surface area contributed by atoms with Crippen molar-refractivity contribution in [1.29, 1.82) is 0 Å². The van der Waals surface area contributed by atoms with Gasteiger partial charge in [-0.3, -0.25) is 4.90 Å². The highest BCUT2D eigenvalue weighted by molar-refractivity contribution is 7.17. The number of aliphatic carboxylic acids is 2. The van der Waals surface area contributed by atoms with Gasteiger partial charge in [0.05, 0.1) is 0 Å². The van der Waals surface area contributed by atoms with Crippen LogP contribution in [0, 0.1) is 6.92 Å². The Hall–Kier alpha value is -3.40. The number of aryl methyl sites for hydroxylation is 1. The second kappa shape index (κ2) is 11.8. The average Bonchev–Trinajstić information content (AvgIpc) is 3.51. The summed E-state index contributed by atoms with van der Waals surface area (Å²) >= 11 is 1.83. The first kappa shape index (κ1) is 26.7. The van der Waals surface area contributed by atoms with Gasteiger partial charge in [0.25, 0.3) is 0 Å². The van der Waals surface area contributed by atoms with Crippen molar-refractivity contribution in [3.63, 3.8) is 0 Å². The van der Waals surface area contributed by atoms with Crippen molar-refractivity contribution in [2.24, 2.45) is 0 Å². The molecule has 0 saturated carbocycles. The number of ether oxygens (including phenoxy) is 1. The summed E-state index contributed by atoms with van der Waals surface area (Å²) < 4.78 is 7.34. The zero-order chi connectivity index (χ0) is 26.5. The van der Waals surface area contributed by atoms with E-state index in [2.05, 4.69) is 47.3 Å². The van der Waals surface area contributed by atoms with Crippen LogP contribution in [0.4, 0.5) is 0 Å². The first-order chi connectivity index (χ1) is 17.7. The second-order valence-electron chi connectivity index (χ2n) is 9.51. The van der Waals surface area contributed by atoms with Crippen LogP contribution in [0.15, 0.2) is 54.0 Å². The van der Waals surface area contributed by atoms with Gasteiger partial charge in [-0.05, 0) is 91.4 Å². The highest BCUT2D eigenvalue weighted by Gasteiger charge is 2.28. The third kappa shape index (κ3) is 6.49. The minimum atomic E-state index is -1.82. The van der Waals surface area contributed by atoms with Crippen molar-refractivity contribution in [3.8, 4) is 5.75 Å². The highest BCUT2D eigenvalue weighted by atomic mass is 32.1. The van der Waals surface area contributed by atoms with E-state index in [1.807, 2.05) is 41.8 Å². The van der Waals surface area contributed by atoms with Crippen molar-refractivity contribution in [2.45, 2.75) is 44.8 Å². The largest absolute Gasteiger partial charge is 0.490 e. The molecular formula is C28H32N2O6S. The summed E-state index contributed by atoms with van der Waals surface area (Å²) in [6.45, 7) is 6.46. The number of hydrogen-bond donors (Lipinski definition) is 4. The number of β-amino-alcohol motifs (C(OH)–C–C–N with tert-alkyl or cyclic N) is 1. The van der Waals surface area contributed by atoms with Crippen molar-refractivity contribution in [1.82, 2.24) is 9.88 Å². The molecule has 3 heterocycles. The molecule has 4 aromatic rings. The predicted octanol–water partition coefficient (Wildman–Crippen LogP) is 4.85. The first-order valence-electron chi connectivity index (χ1n) is 12.3. The van der Waals surface area contributed by atoms with Crippen molar-refractivity contribution in [3.05, 3.63) is 65.2 Å². The maximum atomic E-state index is 10.6. The summed E-state index contributed by atoms with van der Waals surface area (Å²) in [6, 6.07) is 15.4. The molecule has 2 aromatic heterocycles. The number of aromatic nitrogens is 1. The lowest BCUT2D eigenvalue weighted by atomic mass is 9.85. The van der Waals surface area contributed by atoms with E-state index in [0.29, 0.717) is 25.1 Å². The van der Waals surface area contributed by atoms with Crippen LogP contribution in [-0.4, -0.2) is 69.0 Å². The highest BCUT2D eigenvalue weighted by Crippen LogP contribution is 2.35. The monoisotopic (exact) mass is 524 g/mol. The molecule has 1 aliphatic rings. The quantitative estimate of drug-likeness (QED) is 0.266. The van der Waals surface area contributed by atoms with E-state index in [9.17, 15) is 5.11 Å². The number of thiophene rings is 1. The minimum Gasteiger partial charge on any atom is -0.490 e. The van der Waals surface area contributed by atoms with Crippen molar-refractivity contribution < 1.29 is 29.6 Å². The number of H-pyrrole nitrogens is 1. The second-order valence-corrected chi connectivity index (χ2v) is 10.4. The Kier molecular flexibility index (Phi) is 8.48. The molecule has 0 radical (unpaired) electrons. The molecule has 2 aromatic carbocycles. The smallest absolute Gasteiger partial charge is 0.414 e. The fraction of sp³-hybridized carbons (Fsp3) is 0.357. The van der Waals surface area contributed by atoms with Crippen molar-refractivity contribution in [2.75, 3.05) is 19.7 Å². The van der Waals surface area contributed by atoms with E-state index in [1.54, 1.807) is 0 Å². The zero-order valence-electron chi connectivity index (χ0n) is 20.9. The van der Waals surface area contributed by atoms with Crippen LogP contribution in [0.1, 0.15) is 36.8 Å². The number of aliphatic hydroxyl groups is 1. The summed E-state index contributed by atoms with van der Waals surface area (Å²) in [5.41, 5.74) is 3.90. The number of nitrogens with one attached hydrogen (secondary N) is 1. The van der Waals surface area contributed by atoms with E-state index >= 15 is 0 Å². The van der Waals surface area contributed by atoms with Crippen LogP contribution < -0.4 is 4.74 Å². The number of aromatic amines is 1. The number of aliphatic hydroxyl groups excluding tert-OH is 1. The number of piperidine rings is 1. The molecule has 1 fully saturated rings.